The maximum absolute atomic E-state index is 13.4. The van der Waals surface area contributed by atoms with E-state index in [-0.39, 0.29) is 11.7 Å². The molecule has 0 radical (unpaired) electrons. The number of benzene rings is 1. The van der Waals surface area contributed by atoms with Gasteiger partial charge < -0.3 is 10.2 Å². The number of amides is 1. The smallest absolute Gasteiger partial charge is 0.254 e. The molecule has 2 saturated heterocycles. The van der Waals surface area contributed by atoms with E-state index in [1.807, 2.05) is 4.90 Å². The molecular formula is C14H16BrFN2O. The number of piperidine rings is 1. The van der Waals surface area contributed by atoms with Crippen LogP contribution in [0.3, 0.4) is 0 Å². The van der Waals surface area contributed by atoms with Crippen LogP contribution in [0, 0.1) is 11.7 Å². The molecular weight excluding hydrogens is 311 g/mol. The third kappa shape index (κ3) is 2.67. The van der Waals surface area contributed by atoms with Gasteiger partial charge in [0, 0.05) is 29.2 Å². The molecule has 1 N–H and O–H groups in total. The Morgan fingerprint density at radius 3 is 2.95 bits per heavy atom. The van der Waals surface area contributed by atoms with Crippen molar-refractivity contribution in [2.75, 3.05) is 19.6 Å². The van der Waals surface area contributed by atoms with Gasteiger partial charge in [-0.05, 0) is 43.5 Å². The second-order valence-corrected chi connectivity index (χ2v) is 6.25. The fourth-order valence-electron chi connectivity index (χ4n) is 3.07. The molecule has 0 unspecified atom stereocenters. The summed E-state index contributed by atoms with van der Waals surface area (Å²) in [7, 11) is 0. The normalized spacial score (nSPS) is 26.3. The van der Waals surface area contributed by atoms with E-state index in [0.717, 1.165) is 19.6 Å². The van der Waals surface area contributed by atoms with Crippen molar-refractivity contribution in [1.29, 1.82) is 0 Å². The molecule has 0 spiro atoms. The highest BCUT2D eigenvalue weighted by Gasteiger charge is 2.36. The SMILES string of the molecule is O=C(c1cc(F)cc(Br)c1)N1C[C@@H]2CCCN[C@@H]2C1. The number of carbonyl (C=O) groups is 1. The lowest BCUT2D eigenvalue weighted by Gasteiger charge is -2.24. The van der Waals surface area contributed by atoms with Crippen molar-refractivity contribution >= 4 is 21.8 Å². The molecule has 0 aromatic heterocycles. The number of rotatable bonds is 1. The highest BCUT2D eigenvalue weighted by molar-refractivity contribution is 9.10. The quantitative estimate of drug-likeness (QED) is 0.859. The third-order valence-electron chi connectivity index (χ3n) is 4.00. The van der Waals surface area contributed by atoms with Gasteiger partial charge in [-0.1, -0.05) is 15.9 Å². The summed E-state index contributed by atoms with van der Waals surface area (Å²) in [6, 6.07) is 4.76. The summed E-state index contributed by atoms with van der Waals surface area (Å²) in [6.07, 6.45) is 2.35. The first-order valence-electron chi connectivity index (χ1n) is 6.62. The summed E-state index contributed by atoms with van der Waals surface area (Å²) in [5, 5.41) is 3.46. The molecule has 1 amide bonds. The zero-order valence-corrected chi connectivity index (χ0v) is 12.1. The molecule has 2 fully saturated rings. The van der Waals surface area contributed by atoms with Crippen molar-refractivity contribution < 1.29 is 9.18 Å². The summed E-state index contributed by atoms with van der Waals surface area (Å²) in [5.41, 5.74) is 0.422. The molecule has 1 aromatic carbocycles. The molecule has 3 nitrogen and oxygen atoms in total. The summed E-state index contributed by atoms with van der Waals surface area (Å²) in [6.45, 7) is 2.55. The Kier molecular flexibility index (Phi) is 3.58. The summed E-state index contributed by atoms with van der Waals surface area (Å²) >= 11 is 3.23. The number of halogens is 2. The van der Waals surface area contributed by atoms with Crippen molar-refractivity contribution in [3.8, 4) is 0 Å². The number of nitrogens with zero attached hydrogens (tertiary/aromatic N) is 1. The van der Waals surface area contributed by atoms with Gasteiger partial charge in [0.15, 0.2) is 0 Å². The first-order chi connectivity index (χ1) is 9.13. The lowest BCUT2D eigenvalue weighted by atomic mass is 9.94. The van der Waals surface area contributed by atoms with Gasteiger partial charge in [0.2, 0.25) is 0 Å². The van der Waals surface area contributed by atoms with Crippen LogP contribution in [0.5, 0.6) is 0 Å². The van der Waals surface area contributed by atoms with Gasteiger partial charge in [0.25, 0.3) is 5.91 Å². The van der Waals surface area contributed by atoms with E-state index in [1.54, 1.807) is 6.07 Å². The average Bonchev–Trinajstić information content (AvgIpc) is 2.80. The number of hydrogen-bond acceptors (Lipinski definition) is 2. The topological polar surface area (TPSA) is 32.3 Å². The Balaban J connectivity index is 1.77. The maximum Gasteiger partial charge on any atom is 0.254 e. The highest BCUT2D eigenvalue weighted by atomic mass is 79.9. The molecule has 3 rings (SSSR count). The van der Waals surface area contributed by atoms with Crippen LogP contribution >= 0.6 is 15.9 Å². The van der Waals surface area contributed by atoms with Crippen molar-refractivity contribution in [2.45, 2.75) is 18.9 Å². The molecule has 19 heavy (non-hydrogen) atoms. The molecule has 1 aromatic rings. The first kappa shape index (κ1) is 13.1. The number of carbonyl (C=O) groups excluding carboxylic acids is 1. The van der Waals surface area contributed by atoms with Crippen molar-refractivity contribution in [2.24, 2.45) is 5.92 Å². The Morgan fingerprint density at radius 1 is 1.37 bits per heavy atom. The minimum Gasteiger partial charge on any atom is -0.337 e. The third-order valence-corrected chi connectivity index (χ3v) is 4.45. The Labute approximate surface area is 120 Å². The van der Waals surface area contributed by atoms with E-state index in [1.165, 1.54) is 25.0 Å². The zero-order chi connectivity index (χ0) is 13.4. The minimum absolute atomic E-state index is 0.0728. The Morgan fingerprint density at radius 2 is 2.21 bits per heavy atom. The molecule has 0 bridgehead atoms. The summed E-state index contributed by atoms with van der Waals surface area (Å²) in [4.78, 5) is 14.2. The van der Waals surface area contributed by atoms with E-state index in [9.17, 15) is 9.18 Å². The van der Waals surface area contributed by atoms with E-state index in [4.69, 9.17) is 0 Å². The van der Waals surface area contributed by atoms with Crippen LogP contribution in [0.15, 0.2) is 22.7 Å². The lowest BCUT2D eigenvalue weighted by molar-refractivity contribution is 0.0785. The largest absolute Gasteiger partial charge is 0.337 e. The highest BCUT2D eigenvalue weighted by Crippen LogP contribution is 2.26. The fourth-order valence-corrected chi connectivity index (χ4v) is 3.54. The first-order valence-corrected chi connectivity index (χ1v) is 7.41. The van der Waals surface area contributed by atoms with Gasteiger partial charge in [0.1, 0.15) is 5.82 Å². The van der Waals surface area contributed by atoms with Crippen LogP contribution in [0.4, 0.5) is 4.39 Å². The second-order valence-electron chi connectivity index (χ2n) is 5.33. The van der Waals surface area contributed by atoms with Crippen LogP contribution in [0.2, 0.25) is 0 Å². The monoisotopic (exact) mass is 326 g/mol. The molecule has 2 atom stereocenters. The van der Waals surface area contributed by atoms with Crippen LogP contribution in [-0.2, 0) is 0 Å². The molecule has 2 heterocycles. The van der Waals surface area contributed by atoms with Gasteiger partial charge >= 0.3 is 0 Å². The standard InChI is InChI=1S/C14H16BrFN2O/c15-11-4-10(5-12(16)6-11)14(19)18-7-9-2-1-3-17-13(9)8-18/h4-6,9,13,17H,1-3,7-8H2/t9-,13+/m0/s1. The summed E-state index contributed by atoms with van der Waals surface area (Å²) < 4.78 is 14.0. The average molecular weight is 327 g/mol. The van der Waals surface area contributed by atoms with Crippen LogP contribution in [-0.4, -0.2) is 36.5 Å². The van der Waals surface area contributed by atoms with Gasteiger partial charge in [-0.2, -0.15) is 0 Å². The molecule has 0 saturated carbocycles. The number of fused-ring (bicyclic) bond motifs is 1. The second kappa shape index (κ2) is 5.21. The van der Waals surface area contributed by atoms with E-state index < -0.39 is 0 Å². The van der Waals surface area contributed by atoms with Crippen LogP contribution < -0.4 is 5.32 Å². The Hall–Kier alpha value is -0.940. The van der Waals surface area contributed by atoms with Crippen molar-refractivity contribution in [3.05, 3.63) is 34.1 Å². The van der Waals surface area contributed by atoms with E-state index >= 15 is 0 Å². The Bertz CT molecular complexity index is 474. The minimum atomic E-state index is -0.382. The molecule has 102 valence electrons. The van der Waals surface area contributed by atoms with Crippen LogP contribution in [0.25, 0.3) is 0 Å². The molecule has 0 aliphatic carbocycles. The van der Waals surface area contributed by atoms with Gasteiger partial charge in [-0.25, -0.2) is 4.39 Å². The predicted molar refractivity (Wildman–Crippen MR) is 74.5 cm³/mol. The van der Waals surface area contributed by atoms with Crippen LogP contribution in [0.1, 0.15) is 23.2 Å². The molecule has 2 aliphatic heterocycles. The summed E-state index contributed by atoms with van der Waals surface area (Å²) in [5.74, 6) is 0.0959. The molecule has 5 heteroatoms. The number of likely N-dealkylation sites (tertiary alicyclic amines) is 1. The van der Waals surface area contributed by atoms with E-state index in [0.29, 0.717) is 22.0 Å². The lowest BCUT2D eigenvalue weighted by Crippen LogP contribution is -2.41. The van der Waals surface area contributed by atoms with Gasteiger partial charge in [-0.3, -0.25) is 4.79 Å². The van der Waals surface area contributed by atoms with Crippen molar-refractivity contribution in [3.63, 3.8) is 0 Å². The van der Waals surface area contributed by atoms with Gasteiger partial charge in [0.05, 0.1) is 0 Å². The maximum atomic E-state index is 13.4. The predicted octanol–water partition coefficient (Wildman–Crippen LogP) is 2.41. The van der Waals surface area contributed by atoms with Gasteiger partial charge in [-0.15, -0.1) is 0 Å². The van der Waals surface area contributed by atoms with E-state index in [2.05, 4.69) is 21.2 Å². The number of nitrogens with one attached hydrogen (secondary N) is 1. The fraction of sp³-hybridized carbons (Fsp3) is 0.500. The molecule has 2 aliphatic rings. The zero-order valence-electron chi connectivity index (χ0n) is 10.5. The number of hydrogen-bond donors (Lipinski definition) is 1. The van der Waals surface area contributed by atoms with Crippen molar-refractivity contribution in [1.82, 2.24) is 10.2 Å².